The molecule has 0 saturated heterocycles. The molecule has 0 atom stereocenters. The Hall–Kier alpha value is -0.380. The van der Waals surface area contributed by atoms with Crippen molar-refractivity contribution in [1.82, 2.24) is 0 Å². The molecule has 0 bridgehead atoms. The minimum Gasteiger partial charge on any atom is -0.481 e. The number of hydrogen-bond donors (Lipinski definition) is 1. The highest BCUT2D eigenvalue weighted by Gasteiger charge is 2.03. The molecule has 0 saturated carbocycles. The van der Waals surface area contributed by atoms with Gasteiger partial charge in [0.2, 0.25) is 0 Å². The zero-order chi connectivity index (χ0) is 10.6. The number of carbonyl (C=O) groups is 1. The minimum atomic E-state index is -0.803. The summed E-state index contributed by atoms with van der Waals surface area (Å²) in [4.78, 5) is 11.1. The van der Waals surface area contributed by atoms with Crippen LogP contribution in [0.4, 0.5) is 0 Å². The zero-order valence-corrected chi connectivity index (χ0v) is 9.49. The summed E-state index contributed by atoms with van der Waals surface area (Å²) in [5.74, 6) is -0.293. The van der Waals surface area contributed by atoms with Crippen molar-refractivity contribution in [1.29, 1.82) is 0 Å². The van der Waals surface area contributed by atoms with Crippen LogP contribution in [0.1, 0.15) is 6.42 Å². The smallest absolute Gasteiger partial charge is 0.304 e. The number of carboxylic acid groups (broad SMARTS) is 1. The van der Waals surface area contributed by atoms with E-state index in [2.05, 4.69) is 0 Å². The van der Waals surface area contributed by atoms with Crippen LogP contribution in [-0.2, 0) is 4.79 Å². The van der Waals surface area contributed by atoms with Crippen LogP contribution in [0.15, 0.2) is 23.1 Å². The molecule has 1 N–H and O–H groups in total. The van der Waals surface area contributed by atoms with Gasteiger partial charge in [-0.3, -0.25) is 4.79 Å². The van der Waals surface area contributed by atoms with Gasteiger partial charge < -0.3 is 5.11 Å². The molecule has 0 amide bonds. The van der Waals surface area contributed by atoms with Gasteiger partial charge in [-0.05, 0) is 18.2 Å². The molecule has 1 rings (SSSR count). The summed E-state index contributed by atoms with van der Waals surface area (Å²) in [6.45, 7) is 0. The summed E-state index contributed by atoms with van der Waals surface area (Å²) in [5.41, 5.74) is 0. The molecule has 0 aliphatic rings. The van der Waals surface area contributed by atoms with Gasteiger partial charge in [0, 0.05) is 15.7 Å². The fourth-order valence-electron chi connectivity index (χ4n) is 0.841. The van der Waals surface area contributed by atoms with Gasteiger partial charge in [0.1, 0.15) is 0 Å². The molecule has 0 aliphatic heterocycles. The van der Waals surface area contributed by atoms with Crippen LogP contribution >= 0.6 is 35.0 Å². The Labute approximate surface area is 96.2 Å². The zero-order valence-electron chi connectivity index (χ0n) is 7.17. The molecule has 0 radical (unpaired) electrons. The van der Waals surface area contributed by atoms with Gasteiger partial charge in [-0.1, -0.05) is 23.2 Å². The Kier molecular flexibility index (Phi) is 4.58. The first-order chi connectivity index (χ1) is 6.59. The van der Waals surface area contributed by atoms with E-state index in [1.807, 2.05) is 0 Å². The van der Waals surface area contributed by atoms with Gasteiger partial charge in [-0.15, -0.1) is 11.8 Å². The molecule has 1 aromatic carbocycles. The van der Waals surface area contributed by atoms with Crippen LogP contribution in [0.3, 0.4) is 0 Å². The first-order valence-electron chi connectivity index (χ1n) is 3.89. The van der Waals surface area contributed by atoms with E-state index in [9.17, 15) is 4.79 Å². The Balaban J connectivity index is 2.55. The normalized spacial score (nSPS) is 10.1. The second kappa shape index (κ2) is 5.49. The number of carboxylic acids is 1. The average molecular weight is 251 g/mol. The van der Waals surface area contributed by atoms with Gasteiger partial charge >= 0.3 is 5.97 Å². The highest BCUT2D eigenvalue weighted by molar-refractivity contribution is 7.99. The Bertz CT molecular complexity index is 342. The van der Waals surface area contributed by atoms with E-state index in [4.69, 9.17) is 28.3 Å². The van der Waals surface area contributed by atoms with Crippen molar-refractivity contribution < 1.29 is 9.90 Å². The second-order valence-corrected chi connectivity index (χ2v) is 4.55. The maximum atomic E-state index is 10.3. The van der Waals surface area contributed by atoms with E-state index in [1.54, 1.807) is 18.2 Å². The first kappa shape index (κ1) is 11.7. The van der Waals surface area contributed by atoms with Crippen molar-refractivity contribution in [3.63, 3.8) is 0 Å². The van der Waals surface area contributed by atoms with Crippen LogP contribution in [0.2, 0.25) is 10.0 Å². The number of benzene rings is 1. The van der Waals surface area contributed by atoms with E-state index < -0.39 is 5.97 Å². The van der Waals surface area contributed by atoms with E-state index in [0.717, 1.165) is 4.90 Å². The monoisotopic (exact) mass is 250 g/mol. The molecule has 0 aliphatic carbocycles. The Morgan fingerprint density at radius 1 is 1.43 bits per heavy atom. The molecule has 2 nitrogen and oxygen atoms in total. The van der Waals surface area contributed by atoms with E-state index >= 15 is 0 Å². The summed E-state index contributed by atoms with van der Waals surface area (Å²) in [6.07, 6.45) is 0.129. The predicted molar refractivity (Wildman–Crippen MR) is 59.4 cm³/mol. The van der Waals surface area contributed by atoms with Crippen molar-refractivity contribution in [2.75, 3.05) is 5.75 Å². The van der Waals surface area contributed by atoms with Crippen LogP contribution in [0.5, 0.6) is 0 Å². The summed E-state index contributed by atoms with van der Waals surface area (Å²) in [6, 6.07) is 5.17. The third-order valence-electron chi connectivity index (χ3n) is 1.47. The first-order valence-corrected chi connectivity index (χ1v) is 5.63. The molecule has 1 aromatic rings. The molecule has 0 heterocycles. The summed E-state index contributed by atoms with van der Waals surface area (Å²) in [5, 5.41) is 9.58. The van der Waals surface area contributed by atoms with Crippen molar-refractivity contribution >= 4 is 40.9 Å². The Morgan fingerprint density at radius 3 is 2.71 bits per heavy atom. The third-order valence-corrected chi connectivity index (χ3v) is 3.20. The number of rotatable bonds is 4. The highest BCUT2D eigenvalue weighted by Crippen LogP contribution is 2.29. The van der Waals surface area contributed by atoms with Gasteiger partial charge in [-0.25, -0.2) is 0 Å². The number of thioether (sulfide) groups is 1. The van der Waals surface area contributed by atoms with Crippen LogP contribution < -0.4 is 0 Å². The van der Waals surface area contributed by atoms with Crippen molar-refractivity contribution in [3.05, 3.63) is 28.2 Å². The maximum Gasteiger partial charge on any atom is 0.304 e. The van der Waals surface area contributed by atoms with Gasteiger partial charge in [0.25, 0.3) is 0 Å². The fourth-order valence-corrected chi connectivity index (χ4v) is 2.27. The van der Waals surface area contributed by atoms with Crippen molar-refractivity contribution in [2.45, 2.75) is 11.3 Å². The van der Waals surface area contributed by atoms with E-state index in [0.29, 0.717) is 15.8 Å². The SMILES string of the molecule is O=C(O)CCSc1ccc(Cl)cc1Cl. The molecule has 76 valence electrons. The predicted octanol–water partition coefficient (Wildman–Crippen LogP) is 3.56. The molecule has 0 unspecified atom stereocenters. The lowest BCUT2D eigenvalue weighted by molar-refractivity contribution is -0.136. The number of halogens is 2. The topological polar surface area (TPSA) is 37.3 Å². The van der Waals surface area contributed by atoms with Gasteiger partial charge in [0.15, 0.2) is 0 Å². The minimum absolute atomic E-state index is 0.129. The molecule has 0 spiro atoms. The lowest BCUT2D eigenvalue weighted by Gasteiger charge is -2.02. The second-order valence-electron chi connectivity index (χ2n) is 2.57. The average Bonchev–Trinajstić information content (AvgIpc) is 2.08. The lowest BCUT2D eigenvalue weighted by atomic mass is 10.4. The Morgan fingerprint density at radius 2 is 2.14 bits per heavy atom. The molecular weight excluding hydrogens is 243 g/mol. The van der Waals surface area contributed by atoms with Gasteiger partial charge in [-0.2, -0.15) is 0 Å². The standard InChI is InChI=1S/C9H8Cl2O2S/c10-6-1-2-8(7(11)5-6)14-4-3-9(12)13/h1-2,5H,3-4H2,(H,12,13). The van der Waals surface area contributed by atoms with Crippen LogP contribution in [0, 0.1) is 0 Å². The molecule has 0 aromatic heterocycles. The number of hydrogen-bond acceptors (Lipinski definition) is 2. The van der Waals surface area contributed by atoms with Gasteiger partial charge in [0.05, 0.1) is 11.4 Å². The molecule has 0 fully saturated rings. The maximum absolute atomic E-state index is 10.3. The van der Waals surface area contributed by atoms with Crippen LogP contribution in [-0.4, -0.2) is 16.8 Å². The van der Waals surface area contributed by atoms with E-state index in [-0.39, 0.29) is 6.42 Å². The fraction of sp³-hybridized carbons (Fsp3) is 0.222. The van der Waals surface area contributed by atoms with Crippen LogP contribution in [0.25, 0.3) is 0 Å². The molecule has 14 heavy (non-hydrogen) atoms. The third kappa shape index (κ3) is 3.78. The molecule has 5 heteroatoms. The summed E-state index contributed by atoms with van der Waals surface area (Å²) in [7, 11) is 0. The summed E-state index contributed by atoms with van der Waals surface area (Å²) >= 11 is 13.0. The largest absolute Gasteiger partial charge is 0.481 e. The quantitative estimate of drug-likeness (QED) is 0.831. The van der Waals surface area contributed by atoms with Crippen molar-refractivity contribution in [3.8, 4) is 0 Å². The van der Waals surface area contributed by atoms with E-state index in [1.165, 1.54) is 11.8 Å². The summed E-state index contributed by atoms with van der Waals surface area (Å²) < 4.78 is 0. The van der Waals surface area contributed by atoms with Crippen molar-refractivity contribution in [2.24, 2.45) is 0 Å². The number of aliphatic carboxylic acids is 1. The molecular formula is C9H8Cl2O2S. The lowest BCUT2D eigenvalue weighted by Crippen LogP contribution is -1.95. The highest BCUT2D eigenvalue weighted by atomic mass is 35.5.